The Hall–Kier alpha value is -1.14. The van der Waals surface area contributed by atoms with Crippen LogP contribution in [-0.2, 0) is 0 Å². The summed E-state index contributed by atoms with van der Waals surface area (Å²) in [6.07, 6.45) is 0.740. The average Bonchev–Trinajstić information content (AvgIpc) is 2.71. The van der Waals surface area contributed by atoms with E-state index in [1.165, 1.54) is 22.9 Å². The molecule has 0 aliphatic rings. The Labute approximate surface area is 82.4 Å². The molecule has 2 aromatic rings. The summed E-state index contributed by atoms with van der Waals surface area (Å²) in [6.45, 7) is 1.88. The van der Waals surface area contributed by atoms with Gasteiger partial charge in [0.05, 0.1) is 5.69 Å². The first-order chi connectivity index (χ1) is 6.31. The van der Waals surface area contributed by atoms with E-state index < -0.39 is 0 Å². The molecule has 2 heterocycles. The zero-order chi connectivity index (χ0) is 9.26. The summed E-state index contributed by atoms with van der Waals surface area (Å²) in [4.78, 5) is 15.4. The Morgan fingerprint density at radius 3 is 2.92 bits per heavy atom. The molecule has 0 spiro atoms. The van der Waals surface area contributed by atoms with Gasteiger partial charge in [-0.05, 0) is 18.5 Å². The molecule has 13 heavy (non-hydrogen) atoms. The van der Waals surface area contributed by atoms with Gasteiger partial charge in [-0.15, -0.1) is 16.4 Å². The summed E-state index contributed by atoms with van der Waals surface area (Å²) in [5, 5.41) is 6.41. The van der Waals surface area contributed by atoms with E-state index in [1.807, 2.05) is 6.92 Å². The lowest BCUT2D eigenvalue weighted by Gasteiger charge is -1.87. The number of carbonyl (C=O) groups excluding carboxylic acids is 1. The molecule has 0 saturated carbocycles. The summed E-state index contributed by atoms with van der Waals surface area (Å²) in [6, 6.07) is 0. The highest BCUT2D eigenvalue weighted by atomic mass is 32.1. The standard InChI is InChI=1S/C7H5N3OS2/c1-4-6(13-10-9-4)7-8-5(2-11)3-12-7/h2-3H,1H3. The number of hydrogen-bond acceptors (Lipinski definition) is 6. The zero-order valence-corrected chi connectivity index (χ0v) is 8.35. The van der Waals surface area contributed by atoms with E-state index in [-0.39, 0.29) is 0 Å². The van der Waals surface area contributed by atoms with Crippen LogP contribution in [0.1, 0.15) is 16.2 Å². The van der Waals surface area contributed by atoms with E-state index >= 15 is 0 Å². The van der Waals surface area contributed by atoms with Crippen molar-refractivity contribution in [1.82, 2.24) is 14.6 Å². The second kappa shape index (κ2) is 3.31. The summed E-state index contributed by atoms with van der Waals surface area (Å²) in [5.41, 5.74) is 1.32. The van der Waals surface area contributed by atoms with Crippen molar-refractivity contribution in [3.05, 3.63) is 16.8 Å². The van der Waals surface area contributed by atoms with Crippen molar-refractivity contribution in [3.63, 3.8) is 0 Å². The number of rotatable bonds is 2. The molecule has 6 heteroatoms. The van der Waals surface area contributed by atoms with Crippen LogP contribution in [0.2, 0.25) is 0 Å². The molecule has 4 nitrogen and oxygen atoms in total. The van der Waals surface area contributed by atoms with Crippen LogP contribution in [0.5, 0.6) is 0 Å². The normalized spacial score (nSPS) is 10.2. The summed E-state index contributed by atoms with van der Waals surface area (Å²) in [7, 11) is 0. The molecule has 0 atom stereocenters. The molecule has 0 fully saturated rings. The van der Waals surface area contributed by atoms with Gasteiger partial charge in [-0.25, -0.2) is 4.98 Å². The van der Waals surface area contributed by atoms with Gasteiger partial charge in [0.1, 0.15) is 15.6 Å². The number of aryl methyl sites for hydroxylation is 1. The first-order valence-corrected chi connectivity index (χ1v) is 5.16. The van der Waals surface area contributed by atoms with Gasteiger partial charge in [0.2, 0.25) is 0 Å². The van der Waals surface area contributed by atoms with Crippen LogP contribution >= 0.6 is 22.9 Å². The molecular formula is C7H5N3OS2. The van der Waals surface area contributed by atoms with Gasteiger partial charge in [0, 0.05) is 5.38 Å². The molecule has 0 amide bonds. The van der Waals surface area contributed by atoms with Crippen LogP contribution < -0.4 is 0 Å². The third kappa shape index (κ3) is 1.50. The van der Waals surface area contributed by atoms with E-state index in [4.69, 9.17) is 0 Å². The summed E-state index contributed by atoms with van der Waals surface area (Å²) < 4.78 is 3.80. The van der Waals surface area contributed by atoms with E-state index in [0.29, 0.717) is 5.69 Å². The minimum Gasteiger partial charge on any atom is -0.296 e. The Morgan fingerprint density at radius 2 is 2.38 bits per heavy atom. The molecule has 0 unspecified atom stereocenters. The van der Waals surface area contributed by atoms with Gasteiger partial charge in [0.25, 0.3) is 0 Å². The molecule has 2 rings (SSSR count). The first kappa shape index (κ1) is 8.46. The zero-order valence-electron chi connectivity index (χ0n) is 6.72. The molecule has 0 bridgehead atoms. The highest BCUT2D eigenvalue weighted by Gasteiger charge is 2.10. The maximum atomic E-state index is 10.4. The molecule has 0 aliphatic carbocycles. The Bertz CT molecular complexity index is 434. The minimum atomic E-state index is 0.466. The van der Waals surface area contributed by atoms with Gasteiger partial charge >= 0.3 is 0 Å². The van der Waals surface area contributed by atoms with Crippen LogP contribution in [-0.4, -0.2) is 20.9 Å². The average molecular weight is 211 g/mol. The number of nitrogens with zero attached hydrogens (tertiary/aromatic N) is 3. The lowest BCUT2D eigenvalue weighted by molar-refractivity contribution is 0.111. The fourth-order valence-electron chi connectivity index (χ4n) is 0.872. The smallest absolute Gasteiger partial charge is 0.169 e. The first-order valence-electron chi connectivity index (χ1n) is 3.51. The van der Waals surface area contributed by atoms with Crippen LogP contribution in [0.4, 0.5) is 0 Å². The van der Waals surface area contributed by atoms with Crippen molar-refractivity contribution in [2.75, 3.05) is 0 Å². The fourth-order valence-corrected chi connectivity index (χ4v) is 2.42. The third-order valence-electron chi connectivity index (χ3n) is 1.49. The molecular weight excluding hydrogens is 206 g/mol. The van der Waals surface area contributed by atoms with Crippen LogP contribution in [0, 0.1) is 6.92 Å². The maximum Gasteiger partial charge on any atom is 0.169 e. The van der Waals surface area contributed by atoms with E-state index in [2.05, 4.69) is 14.6 Å². The van der Waals surface area contributed by atoms with E-state index in [1.54, 1.807) is 5.38 Å². The molecule has 0 N–H and O–H groups in total. The number of carbonyl (C=O) groups is 1. The molecule has 0 radical (unpaired) electrons. The number of hydrogen-bond donors (Lipinski definition) is 0. The van der Waals surface area contributed by atoms with Crippen molar-refractivity contribution >= 4 is 29.2 Å². The highest BCUT2D eigenvalue weighted by molar-refractivity contribution is 7.18. The van der Waals surface area contributed by atoms with Crippen LogP contribution in [0.15, 0.2) is 5.38 Å². The Kier molecular flexibility index (Phi) is 2.15. The quantitative estimate of drug-likeness (QED) is 0.710. The second-order valence-electron chi connectivity index (χ2n) is 2.38. The predicted octanol–water partition coefficient (Wildman–Crippen LogP) is 1.78. The Balaban J connectivity index is 2.46. The van der Waals surface area contributed by atoms with Crippen molar-refractivity contribution < 1.29 is 4.79 Å². The maximum absolute atomic E-state index is 10.4. The number of thiazole rings is 1. The van der Waals surface area contributed by atoms with Gasteiger partial charge < -0.3 is 0 Å². The van der Waals surface area contributed by atoms with Gasteiger partial charge in [0.15, 0.2) is 6.29 Å². The van der Waals surface area contributed by atoms with Crippen LogP contribution in [0.25, 0.3) is 9.88 Å². The number of aromatic nitrogens is 3. The highest BCUT2D eigenvalue weighted by Crippen LogP contribution is 2.27. The van der Waals surface area contributed by atoms with Gasteiger partial charge in [-0.1, -0.05) is 4.49 Å². The second-order valence-corrected chi connectivity index (χ2v) is 4.00. The number of aldehydes is 1. The molecule has 0 aliphatic heterocycles. The molecule has 0 saturated heterocycles. The molecule has 0 aromatic carbocycles. The SMILES string of the molecule is Cc1nnsc1-c1nc(C=O)cs1. The van der Waals surface area contributed by atoms with E-state index in [0.717, 1.165) is 21.9 Å². The fraction of sp³-hybridized carbons (Fsp3) is 0.143. The lowest BCUT2D eigenvalue weighted by atomic mass is 10.4. The largest absolute Gasteiger partial charge is 0.296 e. The molecule has 2 aromatic heterocycles. The van der Waals surface area contributed by atoms with Gasteiger partial charge in [-0.3, -0.25) is 4.79 Å². The topological polar surface area (TPSA) is 55.7 Å². The van der Waals surface area contributed by atoms with Crippen molar-refractivity contribution in [2.45, 2.75) is 6.92 Å². The monoisotopic (exact) mass is 211 g/mol. The predicted molar refractivity (Wildman–Crippen MR) is 51.1 cm³/mol. The van der Waals surface area contributed by atoms with E-state index in [9.17, 15) is 4.79 Å². The van der Waals surface area contributed by atoms with Crippen LogP contribution in [0.3, 0.4) is 0 Å². The summed E-state index contributed by atoms with van der Waals surface area (Å²) >= 11 is 2.73. The van der Waals surface area contributed by atoms with Crippen molar-refractivity contribution in [1.29, 1.82) is 0 Å². The van der Waals surface area contributed by atoms with Crippen molar-refractivity contribution in [3.8, 4) is 9.88 Å². The van der Waals surface area contributed by atoms with Gasteiger partial charge in [-0.2, -0.15) is 0 Å². The Morgan fingerprint density at radius 1 is 1.54 bits per heavy atom. The summed E-state index contributed by atoms with van der Waals surface area (Å²) in [5.74, 6) is 0. The van der Waals surface area contributed by atoms with Crippen molar-refractivity contribution in [2.24, 2.45) is 0 Å². The minimum absolute atomic E-state index is 0.466. The third-order valence-corrected chi connectivity index (χ3v) is 3.33. The molecule has 66 valence electrons. The lowest BCUT2D eigenvalue weighted by Crippen LogP contribution is -1.80.